The van der Waals surface area contributed by atoms with E-state index in [2.05, 4.69) is 22.2 Å². The minimum Gasteiger partial charge on any atom is -0.358 e. The van der Waals surface area contributed by atoms with Crippen LogP contribution in [0.2, 0.25) is 0 Å². The van der Waals surface area contributed by atoms with Gasteiger partial charge >= 0.3 is 6.18 Å². The van der Waals surface area contributed by atoms with Crippen LogP contribution >= 0.6 is 11.3 Å². The van der Waals surface area contributed by atoms with E-state index in [4.69, 9.17) is 0 Å². The van der Waals surface area contributed by atoms with Gasteiger partial charge in [-0.1, -0.05) is 25.3 Å². The molecule has 3 aromatic rings. The number of H-pyrrole nitrogens is 1. The van der Waals surface area contributed by atoms with Gasteiger partial charge in [0.1, 0.15) is 0 Å². The highest BCUT2D eigenvalue weighted by Crippen LogP contribution is 2.38. The number of carbonyl (C=O) groups is 1. The topological polar surface area (TPSA) is 57.8 Å². The van der Waals surface area contributed by atoms with Gasteiger partial charge in [-0.05, 0) is 43.4 Å². The van der Waals surface area contributed by atoms with E-state index in [1.165, 1.54) is 37.7 Å². The largest absolute Gasteiger partial charge is 0.443 e. The van der Waals surface area contributed by atoms with E-state index >= 15 is 0 Å². The number of halogens is 3. The molecule has 0 spiro atoms. The van der Waals surface area contributed by atoms with Gasteiger partial charge in [-0.15, -0.1) is 11.3 Å². The van der Waals surface area contributed by atoms with Crippen LogP contribution in [0.1, 0.15) is 69.5 Å². The molecule has 2 aromatic heterocycles. The van der Waals surface area contributed by atoms with Gasteiger partial charge in [0, 0.05) is 33.2 Å². The number of carbonyl (C=O) groups excluding carboxylic acids is 1. The summed E-state index contributed by atoms with van der Waals surface area (Å²) in [6.07, 6.45) is 2.90. The molecule has 0 unspecified atom stereocenters. The quantitative estimate of drug-likeness (QED) is 0.549. The van der Waals surface area contributed by atoms with Crippen molar-refractivity contribution in [3.63, 3.8) is 0 Å². The van der Waals surface area contributed by atoms with E-state index in [1.54, 1.807) is 6.07 Å². The second-order valence-corrected chi connectivity index (χ2v) is 8.69. The molecular formula is C21H22F3N3OS. The van der Waals surface area contributed by atoms with E-state index in [0.29, 0.717) is 27.7 Å². The highest BCUT2D eigenvalue weighted by molar-refractivity contribution is 7.11. The van der Waals surface area contributed by atoms with Crippen LogP contribution < -0.4 is 5.32 Å². The molecular weight excluding hydrogens is 399 g/mol. The Labute approximate surface area is 170 Å². The monoisotopic (exact) mass is 421 g/mol. The van der Waals surface area contributed by atoms with Crippen molar-refractivity contribution < 1.29 is 18.0 Å². The molecule has 2 heterocycles. The molecule has 29 heavy (non-hydrogen) atoms. The van der Waals surface area contributed by atoms with Crippen molar-refractivity contribution in [1.82, 2.24) is 15.3 Å². The van der Waals surface area contributed by atoms with Gasteiger partial charge < -0.3 is 10.3 Å². The van der Waals surface area contributed by atoms with Crippen LogP contribution in [0, 0.1) is 6.92 Å². The number of amides is 1. The smallest absolute Gasteiger partial charge is 0.358 e. The maximum Gasteiger partial charge on any atom is 0.443 e. The molecule has 0 radical (unpaired) electrons. The molecule has 1 aromatic carbocycles. The molecule has 1 aliphatic rings. The van der Waals surface area contributed by atoms with E-state index in [1.807, 2.05) is 12.1 Å². The van der Waals surface area contributed by atoms with Crippen molar-refractivity contribution in [3.8, 4) is 0 Å². The van der Waals surface area contributed by atoms with Gasteiger partial charge in [-0.25, -0.2) is 4.98 Å². The van der Waals surface area contributed by atoms with Crippen LogP contribution in [0.25, 0.3) is 10.9 Å². The lowest BCUT2D eigenvalue weighted by atomic mass is 9.83. The van der Waals surface area contributed by atoms with Crippen LogP contribution in [0.4, 0.5) is 13.2 Å². The van der Waals surface area contributed by atoms with Gasteiger partial charge in [0.2, 0.25) is 0 Å². The number of hydrogen-bond acceptors (Lipinski definition) is 3. The number of aryl methyl sites for hydroxylation is 1. The maximum absolute atomic E-state index is 12.6. The van der Waals surface area contributed by atoms with Crippen LogP contribution in [0.3, 0.4) is 0 Å². The lowest BCUT2D eigenvalue weighted by Crippen LogP contribution is -2.22. The molecule has 154 valence electrons. The first kappa shape index (κ1) is 19.9. The Kier molecular flexibility index (Phi) is 5.38. The number of fused-ring (bicyclic) bond motifs is 1. The van der Waals surface area contributed by atoms with Gasteiger partial charge in [0.05, 0.1) is 6.54 Å². The van der Waals surface area contributed by atoms with Crippen LogP contribution in [-0.2, 0) is 12.7 Å². The summed E-state index contributed by atoms with van der Waals surface area (Å²) in [7, 11) is 0. The molecule has 2 N–H and O–H groups in total. The van der Waals surface area contributed by atoms with Gasteiger partial charge in [0.25, 0.3) is 5.91 Å². The highest BCUT2D eigenvalue weighted by atomic mass is 32.1. The first-order chi connectivity index (χ1) is 13.8. The molecule has 0 saturated heterocycles. The summed E-state index contributed by atoms with van der Waals surface area (Å²) in [5.41, 5.74) is 3.91. The van der Waals surface area contributed by atoms with Crippen molar-refractivity contribution in [1.29, 1.82) is 0 Å². The Morgan fingerprint density at radius 2 is 2.03 bits per heavy atom. The fourth-order valence-electron chi connectivity index (χ4n) is 4.20. The molecule has 0 bridgehead atoms. The van der Waals surface area contributed by atoms with Gasteiger partial charge in [-0.2, -0.15) is 13.2 Å². The molecule has 1 amide bonds. The molecule has 0 atom stereocenters. The minimum atomic E-state index is -4.46. The van der Waals surface area contributed by atoms with Crippen molar-refractivity contribution in [2.75, 3.05) is 0 Å². The predicted octanol–water partition coefficient (Wildman–Crippen LogP) is 5.93. The van der Waals surface area contributed by atoms with Crippen LogP contribution in [0.15, 0.2) is 24.4 Å². The minimum absolute atomic E-state index is 0.0156. The summed E-state index contributed by atoms with van der Waals surface area (Å²) in [6, 6.07) is 5.58. The molecule has 4 nitrogen and oxygen atoms in total. The lowest BCUT2D eigenvalue weighted by Gasteiger charge is -2.22. The Morgan fingerprint density at radius 1 is 1.28 bits per heavy atom. The number of nitrogens with one attached hydrogen (secondary N) is 2. The molecule has 1 saturated carbocycles. The lowest BCUT2D eigenvalue weighted by molar-refractivity contribution is -0.137. The summed E-state index contributed by atoms with van der Waals surface area (Å²) >= 11 is 0.544. The van der Waals surface area contributed by atoms with Crippen molar-refractivity contribution >= 4 is 28.1 Å². The number of aromatic amines is 1. The number of benzene rings is 1. The standard InChI is InChI=1S/C21H22F3N3OS/c1-12-18(13-5-3-2-4-6-13)16-8-7-14(9-17(16)27-12)19(28)25-10-15-11-26-20(29-15)21(22,23)24/h7-9,11,13,27H,2-6,10H2,1H3,(H,25,28). The van der Waals surface area contributed by atoms with Crippen LogP contribution in [0.5, 0.6) is 0 Å². The number of hydrogen-bond donors (Lipinski definition) is 2. The summed E-state index contributed by atoms with van der Waals surface area (Å²) < 4.78 is 37.9. The number of aromatic nitrogens is 2. The molecule has 1 fully saturated rings. The van der Waals surface area contributed by atoms with Crippen molar-refractivity contribution in [3.05, 3.63) is 51.1 Å². The second kappa shape index (κ2) is 7.82. The van der Waals surface area contributed by atoms with E-state index in [0.717, 1.165) is 22.8 Å². The van der Waals surface area contributed by atoms with Crippen molar-refractivity contribution in [2.45, 2.75) is 57.7 Å². The Bertz CT molecular complexity index is 1030. The SMILES string of the molecule is Cc1[nH]c2cc(C(=O)NCc3cnc(C(F)(F)F)s3)ccc2c1C1CCCCC1. The Morgan fingerprint density at radius 3 is 2.72 bits per heavy atom. The predicted molar refractivity (Wildman–Crippen MR) is 107 cm³/mol. The fraction of sp³-hybridized carbons (Fsp3) is 0.429. The molecule has 4 rings (SSSR count). The normalized spacial score (nSPS) is 15.7. The number of alkyl halides is 3. The zero-order valence-corrected chi connectivity index (χ0v) is 16.8. The fourth-order valence-corrected chi connectivity index (χ4v) is 4.92. The van der Waals surface area contributed by atoms with E-state index in [-0.39, 0.29) is 12.5 Å². The van der Waals surface area contributed by atoms with Crippen molar-refractivity contribution in [2.24, 2.45) is 0 Å². The first-order valence-electron chi connectivity index (χ1n) is 9.75. The molecule has 1 aliphatic carbocycles. The third-order valence-electron chi connectivity index (χ3n) is 5.53. The zero-order valence-electron chi connectivity index (χ0n) is 16.0. The third kappa shape index (κ3) is 4.17. The summed E-state index contributed by atoms with van der Waals surface area (Å²) in [5, 5.41) is 2.93. The Balaban J connectivity index is 1.49. The highest BCUT2D eigenvalue weighted by Gasteiger charge is 2.34. The second-order valence-electron chi connectivity index (χ2n) is 7.57. The van der Waals surface area contributed by atoms with E-state index in [9.17, 15) is 18.0 Å². The number of thiazole rings is 1. The van der Waals surface area contributed by atoms with Gasteiger partial charge in [-0.3, -0.25) is 4.79 Å². The Hall–Kier alpha value is -2.35. The molecule has 8 heteroatoms. The zero-order chi connectivity index (χ0) is 20.6. The summed E-state index contributed by atoms with van der Waals surface area (Å²) in [6.45, 7) is 2.09. The third-order valence-corrected chi connectivity index (χ3v) is 6.57. The average Bonchev–Trinajstić information content (AvgIpc) is 3.29. The maximum atomic E-state index is 12.6. The van der Waals surface area contributed by atoms with E-state index < -0.39 is 11.2 Å². The first-order valence-corrected chi connectivity index (χ1v) is 10.6. The van der Waals surface area contributed by atoms with Crippen LogP contribution in [-0.4, -0.2) is 15.9 Å². The number of rotatable bonds is 4. The summed E-state index contributed by atoms with van der Waals surface area (Å²) in [4.78, 5) is 19.6. The molecule has 0 aliphatic heterocycles. The summed E-state index contributed by atoms with van der Waals surface area (Å²) in [5.74, 6) is 0.242. The van der Waals surface area contributed by atoms with Gasteiger partial charge in [0.15, 0.2) is 5.01 Å². The average molecular weight is 421 g/mol. The number of nitrogens with zero attached hydrogens (tertiary/aromatic N) is 1.